The molecular formula is C15H23NO5. The van der Waals surface area contributed by atoms with Crippen LogP contribution >= 0.6 is 0 Å². The molecule has 1 N–H and O–H groups in total. The van der Waals surface area contributed by atoms with E-state index in [1.807, 2.05) is 0 Å². The van der Waals surface area contributed by atoms with Gasteiger partial charge in [-0.3, -0.25) is 4.79 Å². The summed E-state index contributed by atoms with van der Waals surface area (Å²) < 4.78 is 9.29. The third-order valence-corrected chi connectivity index (χ3v) is 3.40. The van der Waals surface area contributed by atoms with Crippen molar-refractivity contribution in [3.63, 3.8) is 0 Å². The summed E-state index contributed by atoms with van der Waals surface area (Å²) in [5, 5.41) is 2.85. The molecule has 0 radical (unpaired) electrons. The van der Waals surface area contributed by atoms with Gasteiger partial charge in [-0.05, 0) is 19.8 Å². The molecule has 1 saturated carbocycles. The van der Waals surface area contributed by atoms with Gasteiger partial charge >= 0.3 is 11.9 Å². The molecule has 0 heterocycles. The maximum absolute atomic E-state index is 12.0. The topological polar surface area (TPSA) is 81.7 Å². The van der Waals surface area contributed by atoms with Crippen LogP contribution < -0.4 is 5.32 Å². The monoisotopic (exact) mass is 297 g/mol. The molecule has 0 aromatic carbocycles. The van der Waals surface area contributed by atoms with Gasteiger partial charge in [0.15, 0.2) is 0 Å². The number of amides is 1. The number of nitrogens with one attached hydrogen (secondary N) is 1. The van der Waals surface area contributed by atoms with Crippen molar-refractivity contribution in [1.29, 1.82) is 0 Å². The van der Waals surface area contributed by atoms with E-state index in [1.54, 1.807) is 6.92 Å². The quantitative estimate of drug-likeness (QED) is 0.591. The zero-order valence-electron chi connectivity index (χ0n) is 12.6. The summed E-state index contributed by atoms with van der Waals surface area (Å²) in [6, 6.07) is -0.255. The smallest absolute Gasteiger partial charge is 0.331 e. The van der Waals surface area contributed by atoms with Crippen molar-refractivity contribution in [1.82, 2.24) is 5.32 Å². The number of methoxy groups -OCH3 is 1. The molecule has 1 atom stereocenters. The Morgan fingerprint density at radius 3 is 2.38 bits per heavy atom. The van der Waals surface area contributed by atoms with E-state index >= 15 is 0 Å². The van der Waals surface area contributed by atoms with Crippen molar-refractivity contribution >= 4 is 17.8 Å². The van der Waals surface area contributed by atoms with Crippen LogP contribution in [0, 0.1) is 5.92 Å². The molecule has 118 valence electrons. The Morgan fingerprint density at radius 2 is 1.76 bits per heavy atom. The first-order valence-corrected chi connectivity index (χ1v) is 7.26. The van der Waals surface area contributed by atoms with Gasteiger partial charge in [0.1, 0.15) is 6.61 Å². The van der Waals surface area contributed by atoms with Gasteiger partial charge in [-0.15, -0.1) is 0 Å². The first-order chi connectivity index (χ1) is 10.0. The van der Waals surface area contributed by atoms with Crippen LogP contribution in [0.15, 0.2) is 12.2 Å². The first kappa shape index (κ1) is 17.2. The van der Waals surface area contributed by atoms with E-state index in [4.69, 9.17) is 4.74 Å². The number of carbonyl (C=O) groups excluding carboxylic acids is 3. The summed E-state index contributed by atoms with van der Waals surface area (Å²) in [4.78, 5) is 34.1. The standard InChI is InChI=1S/C15H23NO5/c1-11(10-21-14(18)9-8-13(17)20-2)16-15(19)12-6-4-3-5-7-12/h8-9,11-12H,3-7,10H2,1-2H3,(H,16,19)/b9-8+/t11-/m0/s1. The molecule has 1 aliphatic carbocycles. The normalized spacial score (nSPS) is 17.2. The lowest BCUT2D eigenvalue weighted by atomic mass is 9.88. The molecule has 0 aromatic heterocycles. The van der Waals surface area contributed by atoms with Crippen molar-refractivity contribution in [2.24, 2.45) is 5.92 Å². The van der Waals surface area contributed by atoms with E-state index in [9.17, 15) is 14.4 Å². The second kappa shape index (κ2) is 9.15. The van der Waals surface area contributed by atoms with Gasteiger partial charge in [0, 0.05) is 18.1 Å². The summed E-state index contributed by atoms with van der Waals surface area (Å²) >= 11 is 0. The lowest BCUT2D eigenvalue weighted by molar-refractivity contribution is -0.140. The van der Waals surface area contributed by atoms with E-state index < -0.39 is 11.9 Å². The van der Waals surface area contributed by atoms with Crippen LogP contribution in [0.25, 0.3) is 0 Å². The van der Waals surface area contributed by atoms with Crippen molar-refractivity contribution in [3.8, 4) is 0 Å². The zero-order valence-corrected chi connectivity index (χ0v) is 12.6. The fraction of sp³-hybridized carbons (Fsp3) is 0.667. The summed E-state index contributed by atoms with van der Waals surface area (Å²) in [7, 11) is 1.22. The molecule has 1 amide bonds. The summed E-state index contributed by atoms with van der Waals surface area (Å²) in [5.41, 5.74) is 0. The highest BCUT2D eigenvalue weighted by Crippen LogP contribution is 2.23. The molecule has 1 rings (SSSR count). The van der Waals surface area contributed by atoms with Gasteiger partial charge < -0.3 is 14.8 Å². The Hall–Kier alpha value is -1.85. The third-order valence-electron chi connectivity index (χ3n) is 3.40. The fourth-order valence-electron chi connectivity index (χ4n) is 2.23. The van der Waals surface area contributed by atoms with Gasteiger partial charge in [0.05, 0.1) is 13.2 Å². The van der Waals surface area contributed by atoms with Gasteiger partial charge in [-0.25, -0.2) is 9.59 Å². The first-order valence-electron chi connectivity index (χ1n) is 7.26. The number of ether oxygens (including phenoxy) is 2. The van der Waals surface area contributed by atoms with Crippen molar-refractivity contribution in [2.75, 3.05) is 13.7 Å². The average Bonchev–Trinajstić information content (AvgIpc) is 2.51. The Balaban J connectivity index is 2.25. The van der Waals surface area contributed by atoms with Crippen molar-refractivity contribution < 1.29 is 23.9 Å². The molecular weight excluding hydrogens is 274 g/mol. The van der Waals surface area contributed by atoms with Crippen LogP contribution in [0.2, 0.25) is 0 Å². The molecule has 0 aromatic rings. The molecule has 6 heteroatoms. The number of carbonyl (C=O) groups is 3. The Bertz CT molecular complexity index is 399. The highest BCUT2D eigenvalue weighted by Gasteiger charge is 2.22. The minimum absolute atomic E-state index is 0.0309. The third kappa shape index (κ3) is 6.92. The zero-order chi connectivity index (χ0) is 15.7. The predicted molar refractivity (Wildman–Crippen MR) is 76.3 cm³/mol. The van der Waals surface area contributed by atoms with Crippen LogP contribution in [-0.4, -0.2) is 37.6 Å². The second-order valence-corrected chi connectivity index (χ2v) is 5.23. The lowest BCUT2D eigenvalue weighted by Crippen LogP contribution is -2.40. The number of hydrogen-bond donors (Lipinski definition) is 1. The summed E-state index contributed by atoms with van der Waals surface area (Å²) in [5.74, 6) is -1.15. The summed E-state index contributed by atoms with van der Waals surface area (Å²) in [6.07, 6.45) is 7.25. The number of rotatable bonds is 6. The maximum Gasteiger partial charge on any atom is 0.331 e. The van der Waals surface area contributed by atoms with E-state index in [2.05, 4.69) is 10.1 Å². The molecule has 0 unspecified atom stereocenters. The van der Waals surface area contributed by atoms with Crippen molar-refractivity contribution in [2.45, 2.75) is 45.1 Å². The van der Waals surface area contributed by atoms with Crippen molar-refractivity contribution in [3.05, 3.63) is 12.2 Å². The van der Waals surface area contributed by atoms with Gasteiger partial charge in [0.2, 0.25) is 5.91 Å². The van der Waals surface area contributed by atoms with E-state index in [1.165, 1.54) is 13.5 Å². The highest BCUT2D eigenvalue weighted by atomic mass is 16.5. The van der Waals surface area contributed by atoms with Gasteiger partial charge in [-0.2, -0.15) is 0 Å². The van der Waals surface area contributed by atoms with E-state index in [-0.39, 0.29) is 24.5 Å². The maximum atomic E-state index is 12.0. The second-order valence-electron chi connectivity index (χ2n) is 5.23. The van der Waals surface area contributed by atoms with Crippen LogP contribution in [0.1, 0.15) is 39.0 Å². The average molecular weight is 297 g/mol. The fourth-order valence-corrected chi connectivity index (χ4v) is 2.23. The van der Waals surface area contributed by atoms with Crippen LogP contribution in [-0.2, 0) is 23.9 Å². The molecule has 1 fully saturated rings. The highest BCUT2D eigenvalue weighted by molar-refractivity contribution is 5.91. The van der Waals surface area contributed by atoms with Crippen LogP contribution in [0.3, 0.4) is 0 Å². The molecule has 1 aliphatic rings. The SMILES string of the molecule is COC(=O)/C=C/C(=O)OC[C@H](C)NC(=O)C1CCCCC1. The number of esters is 2. The molecule has 0 bridgehead atoms. The van der Waals surface area contributed by atoms with E-state index in [0.29, 0.717) is 0 Å². The van der Waals surface area contributed by atoms with Crippen LogP contribution in [0.4, 0.5) is 0 Å². The molecule has 0 spiro atoms. The lowest BCUT2D eigenvalue weighted by Gasteiger charge is -2.23. The molecule has 0 saturated heterocycles. The molecule has 6 nitrogen and oxygen atoms in total. The largest absolute Gasteiger partial charge is 0.466 e. The molecule has 0 aliphatic heterocycles. The Morgan fingerprint density at radius 1 is 1.14 bits per heavy atom. The minimum atomic E-state index is -0.640. The van der Waals surface area contributed by atoms with Gasteiger partial charge in [-0.1, -0.05) is 19.3 Å². The summed E-state index contributed by atoms with van der Waals surface area (Å²) in [6.45, 7) is 1.85. The van der Waals surface area contributed by atoms with E-state index in [0.717, 1.165) is 37.8 Å². The van der Waals surface area contributed by atoms with Gasteiger partial charge in [0.25, 0.3) is 0 Å². The van der Waals surface area contributed by atoms with Crippen LogP contribution in [0.5, 0.6) is 0 Å². The number of hydrogen-bond acceptors (Lipinski definition) is 5. The minimum Gasteiger partial charge on any atom is -0.466 e. The Kier molecular flexibility index (Phi) is 7.50. The molecule has 21 heavy (non-hydrogen) atoms. The predicted octanol–water partition coefficient (Wildman–Crippen LogP) is 1.34. The Labute approximate surface area is 124 Å².